The number of pyridine rings is 1. The number of anilines is 1. The summed E-state index contributed by atoms with van der Waals surface area (Å²) in [6.07, 6.45) is 1.84. The van der Waals surface area contributed by atoms with E-state index in [1.807, 2.05) is 30.5 Å². The van der Waals surface area contributed by atoms with Crippen LogP contribution in [0.4, 0.5) is 5.82 Å². The maximum absolute atomic E-state index is 5.93. The van der Waals surface area contributed by atoms with Crippen molar-refractivity contribution in [1.29, 1.82) is 0 Å². The molecule has 5 heteroatoms. The van der Waals surface area contributed by atoms with Gasteiger partial charge in [-0.25, -0.2) is 4.98 Å². The molecule has 0 unspecified atom stereocenters. The Bertz CT molecular complexity index is 587. The molecule has 2 aromatic rings. The molecule has 0 spiro atoms. The van der Waals surface area contributed by atoms with Gasteiger partial charge >= 0.3 is 0 Å². The van der Waals surface area contributed by atoms with Crippen molar-refractivity contribution in [2.75, 3.05) is 18.5 Å². The Labute approximate surface area is 139 Å². The van der Waals surface area contributed by atoms with Gasteiger partial charge in [0.1, 0.15) is 5.82 Å². The second-order valence-electron chi connectivity index (χ2n) is 4.90. The molecule has 3 nitrogen and oxygen atoms in total. The fourth-order valence-corrected chi connectivity index (χ4v) is 2.65. The molecular formula is C16H19BrClN3. The first-order valence-electron chi connectivity index (χ1n) is 6.91. The van der Waals surface area contributed by atoms with Crippen molar-refractivity contribution in [3.63, 3.8) is 0 Å². The predicted octanol–water partition coefficient (Wildman–Crippen LogP) is 4.24. The minimum absolute atomic E-state index is 0.760. The number of benzene rings is 1. The minimum Gasteiger partial charge on any atom is -0.355 e. The van der Waals surface area contributed by atoms with E-state index in [2.05, 4.69) is 51.2 Å². The molecule has 1 aromatic carbocycles. The van der Waals surface area contributed by atoms with Gasteiger partial charge < -0.3 is 10.2 Å². The summed E-state index contributed by atoms with van der Waals surface area (Å²) in [5.74, 6) is 0.995. The van der Waals surface area contributed by atoms with E-state index < -0.39 is 0 Å². The van der Waals surface area contributed by atoms with Gasteiger partial charge in [-0.3, -0.25) is 0 Å². The minimum atomic E-state index is 0.760. The first-order chi connectivity index (χ1) is 10.1. The Kier molecular flexibility index (Phi) is 6.03. The normalized spacial score (nSPS) is 10.7. The van der Waals surface area contributed by atoms with E-state index in [1.54, 1.807) is 0 Å². The SMILES string of the molecule is CCNCc1cc(Br)cnc1N(C)Cc1ccc(Cl)cc1. The van der Waals surface area contributed by atoms with Crippen molar-refractivity contribution in [1.82, 2.24) is 10.3 Å². The largest absolute Gasteiger partial charge is 0.355 e. The molecule has 112 valence electrons. The molecule has 0 aliphatic heterocycles. The van der Waals surface area contributed by atoms with Gasteiger partial charge in [-0.2, -0.15) is 0 Å². The lowest BCUT2D eigenvalue weighted by atomic mass is 10.2. The van der Waals surface area contributed by atoms with E-state index in [-0.39, 0.29) is 0 Å². The number of nitrogens with one attached hydrogen (secondary N) is 1. The molecule has 0 amide bonds. The number of aromatic nitrogens is 1. The highest BCUT2D eigenvalue weighted by molar-refractivity contribution is 9.10. The monoisotopic (exact) mass is 367 g/mol. The van der Waals surface area contributed by atoms with Crippen molar-refractivity contribution < 1.29 is 0 Å². The van der Waals surface area contributed by atoms with Gasteiger partial charge in [-0.15, -0.1) is 0 Å². The predicted molar refractivity (Wildman–Crippen MR) is 92.9 cm³/mol. The second kappa shape index (κ2) is 7.78. The zero-order valence-corrected chi connectivity index (χ0v) is 14.6. The van der Waals surface area contributed by atoms with Crippen LogP contribution in [0.25, 0.3) is 0 Å². The van der Waals surface area contributed by atoms with Gasteiger partial charge in [0.25, 0.3) is 0 Å². The summed E-state index contributed by atoms with van der Waals surface area (Å²) >= 11 is 9.41. The van der Waals surface area contributed by atoms with E-state index in [1.165, 1.54) is 11.1 Å². The molecule has 1 N–H and O–H groups in total. The molecule has 0 saturated heterocycles. The average molecular weight is 369 g/mol. The number of halogens is 2. The van der Waals surface area contributed by atoms with Gasteiger partial charge in [0.2, 0.25) is 0 Å². The van der Waals surface area contributed by atoms with Crippen molar-refractivity contribution in [2.24, 2.45) is 0 Å². The third-order valence-corrected chi connectivity index (χ3v) is 3.86. The number of hydrogen-bond donors (Lipinski definition) is 1. The highest BCUT2D eigenvalue weighted by atomic mass is 79.9. The van der Waals surface area contributed by atoms with Crippen molar-refractivity contribution in [2.45, 2.75) is 20.0 Å². The summed E-state index contributed by atoms with van der Waals surface area (Å²) in [5, 5.41) is 4.11. The van der Waals surface area contributed by atoms with Gasteiger partial charge in [0.15, 0.2) is 0 Å². The van der Waals surface area contributed by atoms with Crippen LogP contribution < -0.4 is 10.2 Å². The van der Waals surface area contributed by atoms with E-state index in [9.17, 15) is 0 Å². The summed E-state index contributed by atoms with van der Waals surface area (Å²) < 4.78 is 0.999. The van der Waals surface area contributed by atoms with Crippen LogP contribution in [-0.4, -0.2) is 18.6 Å². The molecule has 1 aromatic heterocycles. The van der Waals surface area contributed by atoms with Gasteiger partial charge in [0.05, 0.1) is 0 Å². The highest BCUT2D eigenvalue weighted by Crippen LogP contribution is 2.22. The Balaban J connectivity index is 2.17. The van der Waals surface area contributed by atoms with Gasteiger partial charge in [-0.1, -0.05) is 30.7 Å². The highest BCUT2D eigenvalue weighted by Gasteiger charge is 2.10. The van der Waals surface area contributed by atoms with Crippen LogP contribution in [0.2, 0.25) is 5.02 Å². The maximum Gasteiger partial charge on any atom is 0.133 e. The molecule has 21 heavy (non-hydrogen) atoms. The fraction of sp³-hybridized carbons (Fsp3) is 0.312. The molecule has 0 atom stereocenters. The lowest BCUT2D eigenvalue weighted by Crippen LogP contribution is -2.22. The summed E-state index contributed by atoms with van der Waals surface area (Å²) in [6, 6.07) is 10.0. The quantitative estimate of drug-likeness (QED) is 0.826. The average Bonchev–Trinajstić information content (AvgIpc) is 2.47. The zero-order valence-electron chi connectivity index (χ0n) is 12.2. The Hall–Kier alpha value is -1.10. The van der Waals surface area contributed by atoms with E-state index in [0.29, 0.717) is 0 Å². The van der Waals surface area contributed by atoms with E-state index in [4.69, 9.17) is 11.6 Å². The molecule has 0 fully saturated rings. The standard InChI is InChI=1S/C16H19BrClN3/c1-3-19-9-13-8-14(17)10-20-16(13)21(2)11-12-4-6-15(18)7-5-12/h4-8,10,19H,3,9,11H2,1-2H3. The van der Waals surface area contributed by atoms with Crippen LogP contribution in [0.15, 0.2) is 41.0 Å². The van der Waals surface area contributed by atoms with Crippen molar-refractivity contribution in [3.05, 3.63) is 57.2 Å². The van der Waals surface area contributed by atoms with Crippen molar-refractivity contribution in [3.8, 4) is 0 Å². The first kappa shape index (κ1) is 16.3. The third kappa shape index (κ3) is 4.70. The molecule has 2 rings (SSSR count). The van der Waals surface area contributed by atoms with Crippen LogP contribution in [-0.2, 0) is 13.1 Å². The lowest BCUT2D eigenvalue weighted by molar-refractivity contribution is 0.718. The summed E-state index contributed by atoms with van der Waals surface area (Å²) in [6.45, 7) is 4.64. The molecular weight excluding hydrogens is 350 g/mol. The molecule has 0 aliphatic rings. The lowest BCUT2D eigenvalue weighted by Gasteiger charge is -2.21. The van der Waals surface area contributed by atoms with Crippen LogP contribution in [0.1, 0.15) is 18.1 Å². The zero-order chi connectivity index (χ0) is 15.2. The van der Waals surface area contributed by atoms with E-state index in [0.717, 1.165) is 34.9 Å². The van der Waals surface area contributed by atoms with Crippen LogP contribution in [0, 0.1) is 0 Å². The first-order valence-corrected chi connectivity index (χ1v) is 8.08. The fourth-order valence-electron chi connectivity index (χ4n) is 2.15. The Morgan fingerprint density at radius 3 is 2.67 bits per heavy atom. The third-order valence-electron chi connectivity index (χ3n) is 3.17. The number of nitrogens with zero attached hydrogens (tertiary/aromatic N) is 2. The molecule has 1 heterocycles. The second-order valence-corrected chi connectivity index (χ2v) is 6.25. The Morgan fingerprint density at radius 1 is 1.29 bits per heavy atom. The van der Waals surface area contributed by atoms with Crippen LogP contribution >= 0.6 is 27.5 Å². The van der Waals surface area contributed by atoms with Gasteiger partial charge in [-0.05, 0) is 46.2 Å². The Morgan fingerprint density at radius 2 is 2.00 bits per heavy atom. The molecule has 0 bridgehead atoms. The molecule has 0 saturated carbocycles. The van der Waals surface area contributed by atoms with E-state index >= 15 is 0 Å². The molecule has 0 radical (unpaired) electrons. The summed E-state index contributed by atoms with van der Waals surface area (Å²) in [5.41, 5.74) is 2.39. The smallest absolute Gasteiger partial charge is 0.133 e. The topological polar surface area (TPSA) is 28.2 Å². The van der Waals surface area contributed by atoms with Gasteiger partial charge in [0, 0.05) is 41.4 Å². The molecule has 0 aliphatic carbocycles. The summed E-state index contributed by atoms with van der Waals surface area (Å²) in [7, 11) is 2.06. The van der Waals surface area contributed by atoms with Crippen LogP contribution in [0.3, 0.4) is 0 Å². The number of rotatable bonds is 6. The number of hydrogen-bond acceptors (Lipinski definition) is 3. The maximum atomic E-state index is 5.93. The summed E-state index contributed by atoms with van der Waals surface area (Å²) in [4.78, 5) is 6.71. The van der Waals surface area contributed by atoms with Crippen LogP contribution in [0.5, 0.6) is 0 Å². The van der Waals surface area contributed by atoms with Crippen molar-refractivity contribution >= 4 is 33.3 Å².